The minimum atomic E-state index is -4.07. The first-order valence-electron chi connectivity index (χ1n) is 3.03. The Morgan fingerprint density at radius 1 is 0.929 bits per heavy atom. The Bertz CT molecular complexity index is 455. The highest BCUT2D eigenvalue weighted by Crippen LogP contribution is 2.41. The van der Waals surface area contributed by atoms with Crippen molar-refractivity contribution in [3.8, 4) is 0 Å². The summed E-state index contributed by atoms with van der Waals surface area (Å²) in [6, 6.07) is 1.24. The van der Waals surface area contributed by atoms with E-state index in [9.17, 15) is 8.42 Å². The maximum Gasteiger partial charge on any atom is 0.264 e. The summed E-state index contributed by atoms with van der Waals surface area (Å²) in [5.74, 6) is 0. The SMILES string of the molecule is O=S(=O)(Cl)c1c(Cl)c(Cl)cc(Cl)c1Cl. The van der Waals surface area contributed by atoms with Crippen LogP contribution in [0, 0.1) is 0 Å². The van der Waals surface area contributed by atoms with Crippen LogP contribution in [0.1, 0.15) is 0 Å². The normalized spacial score (nSPS) is 11.8. The molecule has 0 spiro atoms. The summed E-state index contributed by atoms with van der Waals surface area (Å²) in [5.41, 5.74) is 0. The molecule has 0 amide bonds. The summed E-state index contributed by atoms with van der Waals surface area (Å²) in [4.78, 5) is -0.472. The van der Waals surface area contributed by atoms with Gasteiger partial charge < -0.3 is 0 Å². The highest BCUT2D eigenvalue weighted by atomic mass is 35.7. The Balaban J connectivity index is 3.74. The van der Waals surface area contributed by atoms with Gasteiger partial charge in [-0.05, 0) is 6.07 Å². The Morgan fingerprint density at radius 2 is 1.29 bits per heavy atom. The van der Waals surface area contributed by atoms with Gasteiger partial charge in [-0.3, -0.25) is 0 Å². The van der Waals surface area contributed by atoms with E-state index in [1.54, 1.807) is 0 Å². The summed E-state index contributed by atoms with van der Waals surface area (Å²) in [5, 5.41) is -0.535. The molecule has 0 aliphatic carbocycles. The van der Waals surface area contributed by atoms with Crippen LogP contribution >= 0.6 is 57.1 Å². The molecule has 0 atom stereocenters. The molecule has 0 radical (unpaired) electrons. The van der Waals surface area contributed by atoms with Gasteiger partial charge in [-0.15, -0.1) is 0 Å². The minimum absolute atomic E-state index is 0.0275. The molecule has 0 bridgehead atoms. The molecule has 0 saturated carbocycles. The third-order valence-electron chi connectivity index (χ3n) is 1.32. The molecule has 1 rings (SSSR count). The van der Waals surface area contributed by atoms with E-state index in [-0.39, 0.29) is 20.1 Å². The van der Waals surface area contributed by atoms with Gasteiger partial charge in [0.25, 0.3) is 9.05 Å². The Hall–Kier alpha value is 0.620. The molecule has 1 aromatic carbocycles. The fourth-order valence-corrected chi connectivity index (χ4v) is 3.64. The van der Waals surface area contributed by atoms with Crippen molar-refractivity contribution in [1.82, 2.24) is 0 Å². The number of hydrogen-bond donors (Lipinski definition) is 0. The molecule has 0 aliphatic heterocycles. The van der Waals surface area contributed by atoms with Gasteiger partial charge in [-0.2, -0.15) is 0 Å². The lowest BCUT2D eigenvalue weighted by molar-refractivity contribution is 0.609. The fourth-order valence-electron chi connectivity index (χ4n) is 0.765. The van der Waals surface area contributed by atoms with Gasteiger partial charge in [0.15, 0.2) is 0 Å². The van der Waals surface area contributed by atoms with Crippen molar-refractivity contribution in [1.29, 1.82) is 0 Å². The van der Waals surface area contributed by atoms with Crippen LogP contribution in [-0.4, -0.2) is 8.42 Å². The molecule has 8 heteroatoms. The number of halogens is 5. The van der Waals surface area contributed by atoms with E-state index in [2.05, 4.69) is 0 Å². The highest BCUT2D eigenvalue weighted by molar-refractivity contribution is 8.14. The Kier molecular flexibility index (Phi) is 3.84. The molecule has 0 saturated heterocycles. The first-order valence-corrected chi connectivity index (χ1v) is 6.85. The van der Waals surface area contributed by atoms with Crippen molar-refractivity contribution in [2.45, 2.75) is 4.90 Å². The first-order chi connectivity index (χ1) is 6.25. The summed E-state index contributed by atoms with van der Waals surface area (Å²) < 4.78 is 22.1. The predicted molar refractivity (Wildman–Crippen MR) is 59.5 cm³/mol. The van der Waals surface area contributed by atoms with E-state index in [4.69, 9.17) is 57.1 Å². The molecule has 1 aromatic rings. The van der Waals surface area contributed by atoms with Crippen LogP contribution in [0.15, 0.2) is 11.0 Å². The van der Waals surface area contributed by atoms with E-state index >= 15 is 0 Å². The molecule has 0 fully saturated rings. The smallest absolute Gasteiger partial charge is 0.207 e. The van der Waals surface area contributed by atoms with Gasteiger partial charge in [0.2, 0.25) is 0 Å². The molecule has 0 N–H and O–H groups in total. The molecule has 2 nitrogen and oxygen atoms in total. The van der Waals surface area contributed by atoms with Gasteiger partial charge in [0, 0.05) is 10.7 Å². The molecular weight excluding hydrogens is 313 g/mol. The summed E-state index contributed by atoms with van der Waals surface area (Å²) in [6.07, 6.45) is 0. The quantitative estimate of drug-likeness (QED) is 0.574. The maximum atomic E-state index is 11.1. The lowest BCUT2D eigenvalue weighted by Gasteiger charge is -2.06. The predicted octanol–water partition coefficient (Wildman–Crippen LogP) is 4.23. The summed E-state index contributed by atoms with van der Waals surface area (Å²) >= 11 is 22.4. The molecular formula is C6HCl5O2S. The standard InChI is InChI=1S/C6HCl5O2S/c7-2-1-3(8)5(10)6(4(2)9)14(11,12)13/h1H. The second-order valence-corrected chi connectivity index (χ2v) is 6.31. The number of hydrogen-bond acceptors (Lipinski definition) is 2. The third-order valence-corrected chi connectivity index (χ3v) is 4.47. The topological polar surface area (TPSA) is 34.1 Å². The van der Waals surface area contributed by atoms with Crippen molar-refractivity contribution in [2.75, 3.05) is 0 Å². The van der Waals surface area contributed by atoms with Crippen LogP contribution in [0.2, 0.25) is 20.1 Å². The zero-order valence-electron chi connectivity index (χ0n) is 6.19. The zero-order chi connectivity index (χ0) is 11.1. The first kappa shape index (κ1) is 12.7. The van der Waals surface area contributed by atoms with E-state index in [0.29, 0.717) is 0 Å². The van der Waals surface area contributed by atoms with Crippen molar-refractivity contribution in [2.24, 2.45) is 0 Å². The highest BCUT2D eigenvalue weighted by Gasteiger charge is 2.23. The molecule has 0 aliphatic rings. The van der Waals surface area contributed by atoms with Crippen molar-refractivity contribution >= 4 is 66.1 Å². The minimum Gasteiger partial charge on any atom is -0.207 e. The fraction of sp³-hybridized carbons (Fsp3) is 0. The van der Waals surface area contributed by atoms with Gasteiger partial charge in [-0.1, -0.05) is 46.4 Å². The largest absolute Gasteiger partial charge is 0.264 e. The third kappa shape index (κ3) is 2.40. The van der Waals surface area contributed by atoms with E-state index < -0.39 is 13.9 Å². The average Bonchev–Trinajstić information content (AvgIpc) is 1.98. The van der Waals surface area contributed by atoms with E-state index in [1.165, 1.54) is 6.07 Å². The van der Waals surface area contributed by atoms with Crippen LogP contribution < -0.4 is 0 Å². The van der Waals surface area contributed by atoms with Crippen molar-refractivity contribution in [3.05, 3.63) is 26.2 Å². The second-order valence-electron chi connectivity index (χ2n) is 2.24. The van der Waals surface area contributed by atoms with Gasteiger partial charge in [0.1, 0.15) is 4.90 Å². The zero-order valence-corrected chi connectivity index (χ0v) is 10.8. The van der Waals surface area contributed by atoms with Gasteiger partial charge >= 0.3 is 0 Å². The van der Waals surface area contributed by atoms with Gasteiger partial charge in [-0.25, -0.2) is 8.42 Å². The molecule has 0 aromatic heterocycles. The molecule has 78 valence electrons. The molecule has 14 heavy (non-hydrogen) atoms. The average molecular weight is 314 g/mol. The van der Waals surface area contributed by atoms with Crippen molar-refractivity contribution in [3.63, 3.8) is 0 Å². The number of rotatable bonds is 1. The lowest BCUT2D eigenvalue weighted by atomic mass is 10.3. The second kappa shape index (κ2) is 4.24. The van der Waals surface area contributed by atoms with Crippen LogP contribution in [0.4, 0.5) is 0 Å². The van der Waals surface area contributed by atoms with Crippen LogP contribution in [0.3, 0.4) is 0 Å². The molecule has 0 heterocycles. The van der Waals surface area contributed by atoms with Crippen LogP contribution in [0.5, 0.6) is 0 Å². The molecule has 0 unspecified atom stereocenters. The summed E-state index contributed by atoms with van der Waals surface area (Å²) in [7, 11) is 1.03. The Labute approximate surface area is 105 Å². The maximum absolute atomic E-state index is 11.1. The summed E-state index contributed by atoms with van der Waals surface area (Å²) in [6.45, 7) is 0. The monoisotopic (exact) mass is 312 g/mol. The number of benzene rings is 1. The van der Waals surface area contributed by atoms with E-state index in [0.717, 1.165) is 0 Å². The van der Waals surface area contributed by atoms with Gasteiger partial charge in [0.05, 0.1) is 20.1 Å². The van der Waals surface area contributed by atoms with Crippen LogP contribution in [-0.2, 0) is 9.05 Å². The van der Waals surface area contributed by atoms with Crippen molar-refractivity contribution < 1.29 is 8.42 Å². The Morgan fingerprint density at radius 3 is 1.57 bits per heavy atom. The van der Waals surface area contributed by atoms with Crippen LogP contribution in [0.25, 0.3) is 0 Å². The lowest BCUT2D eigenvalue weighted by Crippen LogP contribution is -1.94. The van der Waals surface area contributed by atoms with E-state index in [1.807, 2.05) is 0 Å².